The first-order chi connectivity index (χ1) is 15.3. The van der Waals surface area contributed by atoms with Gasteiger partial charge in [-0.05, 0) is 39.0 Å². The number of anilines is 1. The van der Waals surface area contributed by atoms with Gasteiger partial charge < -0.3 is 14.7 Å². The summed E-state index contributed by atoms with van der Waals surface area (Å²) >= 11 is 0. The molecule has 1 unspecified atom stereocenters. The molecule has 170 valence electrons. The summed E-state index contributed by atoms with van der Waals surface area (Å²) in [6.45, 7) is 9.58. The summed E-state index contributed by atoms with van der Waals surface area (Å²) in [6, 6.07) is 4.50. The van der Waals surface area contributed by atoms with E-state index in [1.165, 1.54) is 23.1 Å². The molecule has 8 nitrogen and oxygen atoms in total. The smallest absolute Gasteiger partial charge is 0.330 e. The third-order valence-electron chi connectivity index (χ3n) is 4.64. The molecule has 1 aromatic rings. The third-order valence-corrected chi connectivity index (χ3v) is 4.64. The van der Waals surface area contributed by atoms with E-state index >= 15 is 0 Å². The Morgan fingerprint density at radius 2 is 1.84 bits per heavy atom. The minimum atomic E-state index is -0.930. The van der Waals surface area contributed by atoms with E-state index < -0.39 is 23.9 Å². The van der Waals surface area contributed by atoms with Gasteiger partial charge in [-0.25, -0.2) is 9.59 Å². The van der Waals surface area contributed by atoms with Crippen molar-refractivity contribution in [2.45, 2.75) is 33.2 Å². The summed E-state index contributed by atoms with van der Waals surface area (Å²) in [7, 11) is 0. The highest BCUT2D eigenvalue weighted by molar-refractivity contribution is 6.52. The zero-order valence-electron chi connectivity index (χ0n) is 18.6. The lowest BCUT2D eigenvalue weighted by Gasteiger charge is -2.15. The molecule has 0 saturated carbocycles. The van der Waals surface area contributed by atoms with Gasteiger partial charge in [0.1, 0.15) is 0 Å². The van der Waals surface area contributed by atoms with Crippen molar-refractivity contribution >= 4 is 29.2 Å². The zero-order chi connectivity index (χ0) is 23.7. The zero-order valence-corrected chi connectivity index (χ0v) is 18.6. The highest BCUT2D eigenvalue weighted by Crippen LogP contribution is 2.30. The maximum atomic E-state index is 13.4. The Bertz CT molecular complexity index is 977. The molecule has 1 amide bonds. The molecule has 0 spiro atoms. The van der Waals surface area contributed by atoms with Crippen molar-refractivity contribution in [1.29, 1.82) is 0 Å². The summed E-state index contributed by atoms with van der Waals surface area (Å²) < 4.78 is 10.3. The average molecular weight is 440 g/mol. The number of esters is 2. The van der Waals surface area contributed by atoms with Crippen LogP contribution in [0.3, 0.4) is 0 Å². The lowest BCUT2D eigenvalue weighted by Crippen LogP contribution is -2.36. The van der Waals surface area contributed by atoms with Gasteiger partial charge in [-0.1, -0.05) is 23.8 Å². The molecule has 1 heterocycles. The van der Waals surface area contributed by atoms with Crippen molar-refractivity contribution in [3.05, 3.63) is 71.5 Å². The van der Waals surface area contributed by atoms with Crippen LogP contribution in [-0.4, -0.2) is 54.1 Å². The predicted molar refractivity (Wildman–Crippen MR) is 121 cm³/mol. The summed E-state index contributed by atoms with van der Waals surface area (Å²) in [6.07, 6.45) is 6.85. The van der Waals surface area contributed by atoms with Gasteiger partial charge in [0.15, 0.2) is 6.04 Å². The van der Waals surface area contributed by atoms with Gasteiger partial charge in [-0.3, -0.25) is 9.69 Å². The van der Waals surface area contributed by atoms with Crippen LogP contribution in [0.15, 0.2) is 55.2 Å². The number of carbonyl (C=O) groups excluding carboxylic acids is 3. The first kappa shape index (κ1) is 24.6. The lowest BCUT2D eigenvalue weighted by atomic mass is 10.1. The number of ether oxygens (including phenoxy) is 2. The van der Waals surface area contributed by atoms with Crippen molar-refractivity contribution in [3.63, 3.8) is 0 Å². The highest BCUT2D eigenvalue weighted by Gasteiger charge is 2.40. The van der Waals surface area contributed by atoms with E-state index in [4.69, 9.17) is 9.47 Å². The average Bonchev–Trinajstić information content (AvgIpc) is 3.01. The van der Waals surface area contributed by atoms with Crippen molar-refractivity contribution in [2.75, 3.05) is 24.7 Å². The Morgan fingerprint density at radius 3 is 2.47 bits per heavy atom. The minimum Gasteiger partial charge on any atom is -0.623 e. The molecule has 0 aromatic heterocycles. The first-order valence-corrected chi connectivity index (χ1v) is 10.4. The summed E-state index contributed by atoms with van der Waals surface area (Å²) in [4.78, 5) is 38.0. The molecule has 1 atom stereocenters. The van der Waals surface area contributed by atoms with E-state index in [0.29, 0.717) is 16.0 Å². The molecule has 0 radical (unpaired) electrons. The molecular weight excluding hydrogens is 412 g/mol. The number of hydrogen-bond donors (Lipinski definition) is 0. The maximum absolute atomic E-state index is 13.4. The van der Waals surface area contributed by atoms with Crippen molar-refractivity contribution < 1.29 is 28.6 Å². The fourth-order valence-electron chi connectivity index (χ4n) is 3.24. The van der Waals surface area contributed by atoms with Gasteiger partial charge in [0.2, 0.25) is 0 Å². The molecule has 32 heavy (non-hydrogen) atoms. The van der Waals surface area contributed by atoms with E-state index in [1.807, 2.05) is 13.0 Å². The van der Waals surface area contributed by atoms with E-state index in [9.17, 15) is 19.6 Å². The SMILES string of the molecule is C=CCN1C(=O)/C(=[N+](/[O-])C(/C=C/C(=O)OCC)C/C=C/C(=O)OCC)c2cc(C)ccc21. The molecular formula is C24H28N2O6. The monoisotopic (exact) mass is 440 g/mol. The number of hydroxylamine groups is 1. The van der Waals surface area contributed by atoms with E-state index in [2.05, 4.69) is 6.58 Å². The molecule has 0 N–H and O–H groups in total. The van der Waals surface area contributed by atoms with Crippen LogP contribution in [0.1, 0.15) is 31.4 Å². The van der Waals surface area contributed by atoms with Crippen LogP contribution in [-0.2, 0) is 23.9 Å². The van der Waals surface area contributed by atoms with Gasteiger partial charge in [-0.2, -0.15) is 4.74 Å². The fourth-order valence-corrected chi connectivity index (χ4v) is 3.24. The number of nitrogens with zero attached hydrogens (tertiary/aromatic N) is 2. The number of benzene rings is 1. The molecule has 1 aliphatic heterocycles. The molecule has 0 aliphatic carbocycles. The van der Waals surface area contributed by atoms with Crippen LogP contribution in [0, 0.1) is 12.1 Å². The normalized spacial score (nSPS) is 15.7. The number of hydrogen-bond acceptors (Lipinski definition) is 6. The second-order valence-electron chi connectivity index (χ2n) is 6.97. The molecule has 8 heteroatoms. The maximum Gasteiger partial charge on any atom is 0.330 e. The minimum absolute atomic E-state index is 0.0337. The van der Waals surface area contributed by atoms with Crippen molar-refractivity contribution in [3.8, 4) is 0 Å². The topological polar surface area (TPSA) is 99.0 Å². The van der Waals surface area contributed by atoms with Crippen LogP contribution >= 0.6 is 0 Å². The number of fused-ring (bicyclic) bond motifs is 1. The standard InChI is InChI=1S/C24H28N2O6/c1-5-15-25-20-13-11-17(4)16-19(20)23(24(25)29)26(30)18(12-14-22(28)32-7-3)9-8-10-21(27)31-6-2/h5,8,10-14,16,18H,1,6-7,9,15H2,2-4H3/b10-8+,14-12+,26-23+. The quantitative estimate of drug-likeness (QED) is 0.139. The molecule has 1 aliphatic rings. The first-order valence-electron chi connectivity index (χ1n) is 10.4. The Hall–Kier alpha value is -3.68. The second-order valence-corrected chi connectivity index (χ2v) is 6.97. The number of amides is 1. The molecule has 2 rings (SSSR count). The number of rotatable bonds is 10. The molecule has 0 bridgehead atoms. The summed E-state index contributed by atoms with van der Waals surface area (Å²) in [5, 5.41) is 13.4. The van der Waals surface area contributed by atoms with Crippen LogP contribution in [0.5, 0.6) is 0 Å². The van der Waals surface area contributed by atoms with Gasteiger partial charge >= 0.3 is 17.8 Å². The highest BCUT2D eigenvalue weighted by atomic mass is 16.5. The van der Waals surface area contributed by atoms with E-state index in [0.717, 1.165) is 11.6 Å². The number of carbonyl (C=O) groups is 3. The van der Waals surface area contributed by atoms with Crippen LogP contribution in [0.2, 0.25) is 0 Å². The Kier molecular flexibility index (Phi) is 8.95. The Labute approximate surface area is 187 Å². The fraction of sp³-hybridized carbons (Fsp3) is 0.333. The summed E-state index contributed by atoms with van der Waals surface area (Å²) in [5.74, 6) is -1.60. The Morgan fingerprint density at radius 1 is 1.19 bits per heavy atom. The van der Waals surface area contributed by atoms with Crippen LogP contribution in [0.4, 0.5) is 5.69 Å². The van der Waals surface area contributed by atoms with Crippen LogP contribution in [0.25, 0.3) is 0 Å². The number of aryl methyl sites for hydroxylation is 1. The van der Waals surface area contributed by atoms with Gasteiger partial charge in [0.05, 0.1) is 24.5 Å². The van der Waals surface area contributed by atoms with Crippen molar-refractivity contribution in [1.82, 2.24) is 0 Å². The molecule has 0 saturated heterocycles. The second kappa shape index (κ2) is 11.6. The van der Waals surface area contributed by atoms with Crippen molar-refractivity contribution in [2.24, 2.45) is 0 Å². The Balaban J connectivity index is 2.49. The van der Waals surface area contributed by atoms with Gasteiger partial charge in [0.25, 0.3) is 5.71 Å². The molecule has 1 aromatic carbocycles. The largest absolute Gasteiger partial charge is 0.623 e. The third kappa shape index (κ3) is 5.94. The predicted octanol–water partition coefficient (Wildman–Crippen LogP) is 2.82. The van der Waals surface area contributed by atoms with Gasteiger partial charge in [-0.15, -0.1) is 6.58 Å². The van der Waals surface area contributed by atoms with E-state index in [-0.39, 0.29) is 31.9 Å². The molecule has 0 fully saturated rings. The lowest BCUT2D eigenvalue weighted by molar-refractivity contribution is -0.485. The van der Waals surface area contributed by atoms with Gasteiger partial charge in [0, 0.05) is 25.1 Å². The van der Waals surface area contributed by atoms with Crippen LogP contribution < -0.4 is 4.90 Å². The van der Waals surface area contributed by atoms with E-state index in [1.54, 1.807) is 32.1 Å². The summed E-state index contributed by atoms with van der Waals surface area (Å²) in [5.41, 5.74) is 1.99.